The molecule has 0 bridgehead atoms. The van der Waals surface area contributed by atoms with Crippen molar-refractivity contribution in [2.24, 2.45) is 0 Å². The van der Waals surface area contributed by atoms with Gasteiger partial charge in [0.15, 0.2) is 0 Å². The Morgan fingerprint density at radius 2 is 0.741 bits per heavy atom. The first-order chi connectivity index (χ1) is 12.5. The third-order valence-corrected chi connectivity index (χ3v) is 12.5. The molecule has 0 aliphatic carbocycles. The van der Waals surface area contributed by atoms with Crippen molar-refractivity contribution in [2.45, 2.75) is 137 Å². The first-order valence-corrected chi connectivity index (χ1v) is 15.7. The summed E-state index contributed by atoms with van der Waals surface area (Å²) in [6, 6.07) is 4.17. The van der Waals surface area contributed by atoms with Crippen molar-refractivity contribution in [1.82, 2.24) is 0 Å². The molecule has 0 aliphatic heterocycles. The van der Waals surface area contributed by atoms with Crippen molar-refractivity contribution >= 4 is 17.1 Å². The first-order valence-electron chi connectivity index (χ1n) is 11.2. The van der Waals surface area contributed by atoms with Crippen molar-refractivity contribution in [3.63, 3.8) is 0 Å². The van der Waals surface area contributed by atoms with E-state index in [0.29, 0.717) is 0 Å². The monoisotopic (exact) mass is 420 g/mol. The molecule has 4 nitrogen and oxygen atoms in total. The van der Waals surface area contributed by atoms with Crippen LogP contribution in [0, 0.1) is 0 Å². The topological polar surface area (TPSA) is 36.9 Å². The van der Waals surface area contributed by atoms with Crippen LogP contribution in [0.4, 0.5) is 0 Å². The summed E-state index contributed by atoms with van der Waals surface area (Å²) in [5.74, 6) is 0. The predicted molar refractivity (Wildman–Crippen MR) is 121 cm³/mol. The van der Waals surface area contributed by atoms with Crippen molar-refractivity contribution < 1.29 is 17.7 Å². The van der Waals surface area contributed by atoms with E-state index < -0.39 is 17.1 Å². The fraction of sp³-hybridized carbons (Fsp3) is 1.00. The Balaban J connectivity index is 5.31. The molecule has 0 amide bonds. The van der Waals surface area contributed by atoms with Gasteiger partial charge in [-0.1, -0.05) is 26.7 Å². The molecule has 0 aromatic rings. The zero-order chi connectivity index (χ0) is 21.1. The van der Waals surface area contributed by atoms with Crippen molar-refractivity contribution in [3.8, 4) is 0 Å². The van der Waals surface area contributed by atoms with Gasteiger partial charge in [0.25, 0.3) is 0 Å². The average molecular weight is 421 g/mol. The number of hydrogen-bond acceptors (Lipinski definition) is 4. The second-order valence-corrected chi connectivity index (χ2v) is 15.4. The molecule has 0 unspecified atom stereocenters. The Bertz CT molecular complexity index is 319. The molecule has 0 aromatic carbocycles. The lowest BCUT2D eigenvalue weighted by atomic mass is 10.5. The second kappa shape index (κ2) is 13.5. The summed E-state index contributed by atoms with van der Waals surface area (Å²) in [5, 5.41) is 0. The average Bonchev–Trinajstić information content (AvgIpc) is 2.44. The SMILES string of the molecule is CCC[Si](CCC[Si](CCC)(OC(C)C)OC(C)C)(OC(C)C)OC(C)C. The van der Waals surface area contributed by atoms with E-state index in [1.54, 1.807) is 0 Å². The van der Waals surface area contributed by atoms with Gasteiger partial charge in [-0.25, -0.2) is 0 Å². The van der Waals surface area contributed by atoms with E-state index in [1.165, 1.54) is 0 Å². The first kappa shape index (κ1) is 27.3. The number of hydrogen-bond donors (Lipinski definition) is 0. The van der Waals surface area contributed by atoms with Crippen LogP contribution in [0.5, 0.6) is 0 Å². The summed E-state index contributed by atoms with van der Waals surface area (Å²) in [5.41, 5.74) is 0. The quantitative estimate of drug-likeness (QED) is 0.258. The second-order valence-electron chi connectivity index (χ2n) is 8.84. The zero-order valence-corrected chi connectivity index (χ0v) is 21.9. The maximum absolute atomic E-state index is 6.48. The molecule has 0 heterocycles. The Hall–Kier alpha value is 0.274. The van der Waals surface area contributed by atoms with Gasteiger partial charge in [-0.3, -0.25) is 0 Å². The summed E-state index contributed by atoms with van der Waals surface area (Å²) in [7, 11) is -4.43. The molecule has 0 saturated carbocycles. The maximum Gasteiger partial charge on any atom is 0.338 e. The van der Waals surface area contributed by atoms with Gasteiger partial charge in [0, 0.05) is 24.4 Å². The highest BCUT2D eigenvalue weighted by atomic mass is 28.4. The predicted octanol–water partition coefficient (Wildman–Crippen LogP) is 6.78. The lowest BCUT2D eigenvalue weighted by molar-refractivity contribution is 0.0993. The molecular formula is C21H48O4Si2. The minimum atomic E-state index is -2.21. The van der Waals surface area contributed by atoms with Crippen LogP contribution in [-0.2, 0) is 17.7 Å². The molecule has 27 heavy (non-hydrogen) atoms. The Kier molecular flexibility index (Phi) is 13.6. The van der Waals surface area contributed by atoms with Gasteiger partial charge in [0.05, 0.1) is 0 Å². The maximum atomic E-state index is 6.48. The minimum Gasteiger partial charge on any atom is -0.392 e. The largest absolute Gasteiger partial charge is 0.392 e. The van der Waals surface area contributed by atoms with Gasteiger partial charge in [-0.15, -0.1) is 0 Å². The van der Waals surface area contributed by atoms with Crippen LogP contribution in [0.2, 0.25) is 24.2 Å². The van der Waals surface area contributed by atoms with Gasteiger partial charge in [-0.05, 0) is 86.0 Å². The molecule has 164 valence electrons. The van der Waals surface area contributed by atoms with Gasteiger partial charge >= 0.3 is 17.1 Å². The van der Waals surface area contributed by atoms with E-state index in [4.69, 9.17) is 17.7 Å². The smallest absolute Gasteiger partial charge is 0.338 e. The highest BCUT2D eigenvalue weighted by Crippen LogP contribution is 2.32. The van der Waals surface area contributed by atoms with Crippen LogP contribution in [0.3, 0.4) is 0 Å². The molecule has 0 aromatic heterocycles. The van der Waals surface area contributed by atoms with Crippen LogP contribution in [0.25, 0.3) is 0 Å². The van der Waals surface area contributed by atoms with Gasteiger partial charge in [-0.2, -0.15) is 0 Å². The summed E-state index contributed by atoms with van der Waals surface area (Å²) in [6.07, 6.45) is 4.11. The fourth-order valence-electron chi connectivity index (χ4n) is 3.88. The lowest BCUT2D eigenvalue weighted by Crippen LogP contribution is -2.48. The normalized spacial score (nSPS) is 13.6. The van der Waals surface area contributed by atoms with Crippen LogP contribution >= 0.6 is 0 Å². The third-order valence-electron chi connectivity index (χ3n) is 4.18. The highest BCUT2D eigenvalue weighted by molar-refractivity contribution is 6.69. The molecular weight excluding hydrogens is 372 g/mol. The Morgan fingerprint density at radius 3 is 0.926 bits per heavy atom. The van der Waals surface area contributed by atoms with E-state index >= 15 is 0 Å². The van der Waals surface area contributed by atoms with Crippen molar-refractivity contribution in [3.05, 3.63) is 0 Å². The van der Waals surface area contributed by atoms with Crippen LogP contribution in [0.15, 0.2) is 0 Å². The van der Waals surface area contributed by atoms with Crippen LogP contribution < -0.4 is 0 Å². The summed E-state index contributed by atoms with van der Waals surface area (Å²) in [6.45, 7) is 21.5. The molecule has 0 rings (SSSR count). The molecule has 0 fully saturated rings. The van der Waals surface area contributed by atoms with Gasteiger partial charge < -0.3 is 17.7 Å². The molecule has 0 saturated heterocycles. The lowest BCUT2D eigenvalue weighted by Gasteiger charge is -2.37. The molecule has 6 heteroatoms. The molecule has 0 N–H and O–H groups in total. The van der Waals surface area contributed by atoms with Crippen molar-refractivity contribution in [1.29, 1.82) is 0 Å². The minimum absolute atomic E-state index is 0.207. The molecule has 0 radical (unpaired) electrons. The summed E-state index contributed by atoms with van der Waals surface area (Å²) in [4.78, 5) is 0. The fourth-order valence-corrected chi connectivity index (χ4v) is 12.2. The van der Waals surface area contributed by atoms with Gasteiger partial charge in [0.2, 0.25) is 0 Å². The van der Waals surface area contributed by atoms with E-state index in [0.717, 1.165) is 43.4 Å². The van der Waals surface area contributed by atoms with Gasteiger partial charge in [0.1, 0.15) is 0 Å². The van der Waals surface area contributed by atoms with Crippen LogP contribution in [-0.4, -0.2) is 41.5 Å². The molecule has 0 spiro atoms. The standard InChI is InChI=1S/C21H48O4Si2/c1-11-14-26(22-18(3)4,23-19(5)6)16-13-17-27(15-12-2,24-20(7)8)25-21(9)10/h18-21H,11-17H2,1-10H3. The van der Waals surface area contributed by atoms with E-state index in [9.17, 15) is 0 Å². The zero-order valence-electron chi connectivity index (χ0n) is 19.9. The van der Waals surface area contributed by atoms with E-state index in [2.05, 4.69) is 69.2 Å². The summed E-state index contributed by atoms with van der Waals surface area (Å²) >= 11 is 0. The third kappa shape index (κ3) is 11.8. The van der Waals surface area contributed by atoms with E-state index in [1.807, 2.05) is 0 Å². The number of rotatable bonds is 16. The van der Waals surface area contributed by atoms with Crippen molar-refractivity contribution in [2.75, 3.05) is 0 Å². The van der Waals surface area contributed by atoms with Crippen LogP contribution in [0.1, 0.15) is 88.5 Å². The van der Waals surface area contributed by atoms with E-state index in [-0.39, 0.29) is 24.4 Å². The Morgan fingerprint density at radius 1 is 0.481 bits per heavy atom. The molecule has 0 aliphatic rings. The Labute approximate surface area is 172 Å². The molecule has 0 atom stereocenters. The summed E-state index contributed by atoms with van der Waals surface area (Å²) < 4.78 is 25.9. The highest BCUT2D eigenvalue weighted by Gasteiger charge is 2.42.